The Balaban J connectivity index is 1.55. The van der Waals surface area contributed by atoms with Crippen LogP contribution in [-0.4, -0.2) is 70.6 Å². The van der Waals surface area contributed by atoms with Gasteiger partial charge >= 0.3 is 0 Å². The Morgan fingerprint density at radius 3 is 2.78 bits per heavy atom. The Bertz CT molecular complexity index is 840. The fourth-order valence-electron chi connectivity index (χ4n) is 3.33. The lowest BCUT2D eigenvalue weighted by molar-refractivity contribution is 0.0727. The predicted molar refractivity (Wildman–Crippen MR) is 100 cm³/mol. The average molecular weight is 390 g/mol. The molecule has 0 atom stereocenters. The molecule has 2 aliphatic rings. The quantitative estimate of drug-likeness (QED) is 0.776. The third-order valence-corrected chi connectivity index (χ3v) is 4.90. The average Bonchev–Trinajstić information content (AvgIpc) is 2.73. The van der Waals surface area contributed by atoms with Crippen LogP contribution in [0.25, 0.3) is 0 Å². The maximum Gasteiger partial charge on any atom is 0.274 e. The topological polar surface area (TPSA) is 96.4 Å². The van der Waals surface area contributed by atoms with E-state index in [2.05, 4.69) is 30.2 Å². The molecule has 0 spiro atoms. The number of anilines is 2. The van der Waals surface area contributed by atoms with Crippen LogP contribution in [0.5, 0.6) is 0 Å². The number of carbonyl (C=O) groups excluding carboxylic acids is 1. The predicted octanol–water partition coefficient (Wildman–Crippen LogP) is 0.997. The molecule has 1 amide bonds. The van der Waals surface area contributed by atoms with Crippen molar-refractivity contribution >= 4 is 29.1 Å². The van der Waals surface area contributed by atoms with Crippen LogP contribution in [0.3, 0.4) is 0 Å². The summed E-state index contributed by atoms with van der Waals surface area (Å²) in [5, 5.41) is 3.24. The summed E-state index contributed by atoms with van der Waals surface area (Å²) in [6.07, 6.45) is 3.82. The molecule has 2 aliphatic heterocycles. The van der Waals surface area contributed by atoms with E-state index in [-0.39, 0.29) is 11.2 Å². The molecule has 142 valence electrons. The number of hydrogen-bond acceptors (Lipinski definition) is 8. The van der Waals surface area contributed by atoms with Gasteiger partial charge in [-0.05, 0) is 11.6 Å². The molecule has 0 saturated carbocycles. The van der Waals surface area contributed by atoms with E-state index in [4.69, 9.17) is 16.3 Å². The lowest BCUT2D eigenvalue weighted by atomic mass is 10.1. The highest BCUT2D eigenvalue weighted by atomic mass is 35.5. The number of nitrogens with one attached hydrogen (secondary N) is 1. The molecule has 2 aromatic rings. The summed E-state index contributed by atoms with van der Waals surface area (Å²) >= 11 is 5.97. The maximum atomic E-state index is 13.0. The molecule has 4 heterocycles. The molecule has 27 heavy (non-hydrogen) atoms. The number of aromatic nitrogens is 4. The van der Waals surface area contributed by atoms with Gasteiger partial charge in [0.25, 0.3) is 5.91 Å². The van der Waals surface area contributed by atoms with Crippen molar-refractivity contribution < 1.29 is 9.53 Å². The van der Waals surface area contributed by atoms with Gasteiger partial charge in [0, 0.05) is 38.7 Å². The summed E-state index contributed by atoms with van der Waals surface area (Å²) in [5.41, 5.74) is 2.10. The molecular weight excluding hydrogens is 370 g/mol. The van der Waals surface area contributed by atoms with Gasteiger partial charge < -0.3 is 19.9 Å². The summed E-state index contributed by atoms with van der Waals surface area (Å²) in [6.45, 7) is 3.74. The number of hydrogen-bond donors (Lipinski definition) is 1. The largest absolute Gasteiger partial charge is 0.378 e. The summed E-state index contributed by atoms with van der Waals surface area (Å²) < 4.78 is 5.37. The van der Waals surface area contributed by atoms with Crippen molar-refractivity contribution in [3.63, 3.8) is 0 Å². The van der Waals surface area contributed by atoms with Gasteiger partial charge in [-0.3, -0.25) is 9.78 Å². The first-order valence-electron chi connectivity index (χ1n) is 8.83. The fraction of sp³-hybridized carbons (Fsp3) is 0.471. The highest BCUT2D eigenvalue weighted by molar-refractivity contribution is 6.28. The molecule has 1 N–H and O–H groups in total. The number of halogens is 1. The molecule has 0 bridgehead atoms. The Hall–Kier alpha value is -2.52. The molecule has 10 heteroatoms. The van der Waals surface area contributed by atoms with Crippen molar-refractivity contribution in [2.45, 2.75) is 13.0 Å². The van der Waals surface area contributed by atoms with Crippen LogP contribution < -0.4 is 10.2 Å². The van der Waals surface area contributed by atoms with E-state index >= 15 is 0 Å². The van der Waals surface area contributed by atoms with Crippen molar-refractivity contribution in [1.29, 1.82) is 0 Å². The maximum absolute atomic E-state index is 13.0. The van der Waals surface area contributed by atoms with Gasteiger partial charge in [-0.2, -0.15) is 0 Å². The first kappa shape index (κ1) is 17.9. The van der Waals surface area contributed by atoms with Crippen molar-refractivity contribution in [2.75, 3.05) is 50.1 Å². The van der Waals surface area contributed by atoms with Crippen LogP contribution in [0.2, 0.25) is 5.28 Å². The molecule has 1 saturated heterocycles. The Morgan fingerprint density at radius 2 is 2.00 bits per heavy atom. The first-order chi connectivity index (χ1) is 13.2. The minimum atomic E-state index is -0.153. The van der Waals surface area contributed by atoms with Gasteiger partial charge in [-0.15, -0.1) is 0 Å². The van der Waals surface area contributed by atoms with E-state index in [0.29, 0.717) is 50.1 Å². The summed E-state index contributed by atoms with van der Waals surface area (Å²) in [4.78, 5) is 34.1. The molecule has 1 fully saturated rings. The lowest BCUT2D eigenvalue weighted by Gasteiger charge is -2.30. The number of morpholine rings is 1. The van der Waals surface area contributed by atoms with E-state index in [0.717, 1.165) is 24.3 Å². The Labute approximate surface area is 161 Å². The van der Waals surface area contributed by atoms with Crippen LogP contribution in [0.15, 0.2) is 12.4 Å². The molecular formula is C17H20ClN7O2. The van der Waals surface area contributed by atoms with E-state index in [1.807, 2.05) is 0 Å². The molecule has 9 nitrogen and oxygen atoms in total. The SMILES string of the molecule is CNc1nc(Cl)nc2c1CN(C(=O)c1cncc(N3CCOCC3)n1)CC2. The van der Waals surface area contributed by atoms with Crippen molar-refractivity contribution in [3.05, 3.63) is 34.6 Å². The standard InChI is InChI=1S/C17H20ClN7O2/c1-19-15-11-10-25(3-2-12(11)22-17(18)23-15)16(26)13-8-20-9-14(21-13)24-4-6-27-7-5-24/h8-9H,2-7,10H2,1H3,(H,19,22,23). The second kappa shape index (κ2) is 7.61. The van der Waals surface area contributed by atoms with Gasteiger partial charge in [0.15, 0.2) is 0 Å². The smallest absolute Gasteiger partial charge is 0.274 e. The number of amides is 1. The van der Waals surface area contributed by atoms with Gasteiger partial charge in [-0.25, -0.2) is 15.0 Å². The summed E-state index contributed by atoms with van der Waals surface area (Å²) in [7, 11) is 1.77. The van der Waals surface area contributed by atoms with E-state index in [9.17, 15) is 4.79 Å². The Morgan fingerprint density at radius 1 is 1.19 bits per heavy atom. The van der Waals surface area contributed by atoms with Crippen LogP contribution in [-0.2, 0) is 17.7 Å². The molecule has 2 aromatic heterocycles. The molecule has 0 radical (unpaired) electrons. The van der Waals surface area contributed by atoms with E-state index < -0.39 is 0 Å². The third-order valence-electron chi connectivity index (χ3n) is 4.73. The highest BCUT2D eigenvalue weighted by Crippen LogP contribution is 2.26. The second-order valence-electron chi connectivity index (χ2n) is 6.36. The van der Waals surface area contributed by atoms with E-state index in [1.54, 1.807) is 18.1 Å². The fourth-order valence-corrected chi connectivity index (χ4v) is 3.52. The van der Waals surface area contributed by atoms with Crippen molar-refractivity contribution in [1.82, 2.24) is 24.8 Å². The molecule has 0 aromatic carbocycles. The number of nitrogens with zero attached hydrogens (tertiary/aromatic N) is 6. The molecule has 4 rings (SSSR count). The zero-order valence-corrected chi connectivity index (χ0v) is 15.7. The molecule has 0 aliphatic carbocycles. The van der Waals surface area contributed by atoms with Crippen LogP contribution in [0.1, 0.15) is 21.7 Å². The third kappa shape index (κ3) is 3.65. The molecule has 0 unspecified atom stereocenters. The van der Waals surface area contributed by atoms with Crippen molar-refractivity contribution in [3.8, 4) is 0 Å². The first-order valence-corrected chi connectivity index (χ1v) is 9.20. The van der Waals surface area contributed by atoms with Crippen LogP contribution in [0.4, 0.5) is 11.6 Å². The summed E-state index contributed by atoms with van der Waals surface area (Å²) in [6, 6.07) is 0. The van der Waals surface area contributed by atoms with Crippen LogP contribution >= 0.6 is 11.6 Å². The number of carbonyl (C=O) groups is 1. The monoisotopic (exact) mass is 389 g/mol. The van der Waals surface area contributed by atoms with Crippen LogP contribution in [0, 0.1) is 0 Å². The number of ether oxygens (including phenoxy) is 1. The number of rotatable bonds is 3. The minimum Gasteiger partial charge on any atom is -0.378 e. The zero-order valence-electron chi connectivity index (χ0n) is 15.0. The van der Waals surface area contributed by atoms with Gasteiger partial charge in [-0.1, -0.05) is 0 Å². The van der Waals surface area contributed by atoms with Crippen molar-refractivity contribution in [2.24, 2.45) is 0 Å². The second-order valence-corrected chi connectivity index (χ2v) is 6.69. The normalized spacial score (nSPS) is 16.8. The highest BCUT2D eigenvalue weighted by Gasteiger charge is 2.27. The van der Waals surface area contributed by atoms with Gasteiger partial charge in [0.05, 0.1) is 37.8 Å². The zero-order chi connectivity index (χ0) is 18.8. The van der Waals surface area contributed by atoms with E-state index in [1.165, 1.54) is 6.20 Å². The lowest BCUT2D eigenvalue weighted by Crippen LogP contribution is -2.39. The van der Waals surface area contributed by atoms with Gasteiger partial charge in [0.1, 0.15) is 17.3 Å². The van der Waals surface area contributed by atoms with Gasteiger partial charge in [0.2, 0.25) is 5.28 Å². The number of fused-ring (bicyclic) bond motifs is 1. The summed E-state index contributed by atoms with van der Waals surface area (Å²) in [5.74, 6) is 1.20. The minimum absolute atomic E-state index is 0.153. The Kier molecular flexibility index (Phi) is 5.04.